The molecule has 1 aromatic carbocycles. The number of anilines is 1. The number of benzene rings is 1. The number of ether oxygens (including phenoxy) is 3. The van der Waals surface area contributed by atoms with Gasteiger partial charge in [0, 0.05) is 6.07 Å². The Kier molecular flexibility index (Phi) is 7.82. The van der Waals surface area contributed by atoms with Gasteiger partial charge in [0.1, 0.15) is 11.5 Å². The highest BCUT2D eigenvalue weighted by Gasteiger charge is 2.40. The zero-order chi connectivity index (χ0) is 17.7. The van der Waals surface area contributed by atoms with Gasteiger partial charge in [-0.1, -0.05) is 19.3 Å². The predicted octanol–water partition coefficient (Wildman–Crippen LogP) is 3.93. The second-order valence-corrected chi connectivity index (χ2v) is 6.94. The highest BCUT2D eigenvalue weighted by atomic mass is 127. The van der Waals surface area contributed by atoms with Gasteiger partial charge in [-0.3, -0.25) is 4.99 Å². The lowest BCUT2D eigenvalue weighted by molar-refractivity contribution is -0.0598. The maximum atomic E-state index is 6.34. The molecule has 7 heteroatoms. The van der Waals surface area contributed by atoms with Crippen LogP contribution in [0.2, 0.25) is 0 Å². The molecule has 0 amide bonds. The summed E-state index contributed by atoms with van der Waals surface area (Å²) in [5, 5.41) is 3.10. The Balaban J connectivity index is 0.00000243. The molecule has 2 fully saturated rings. The van der Waals surface area contributed by atoms with Gasteiger partial charge in [-0.15, -0.1) is 24.0 Å². The lowest BCUT2D eigenvalue weighted by Crippen LogP contribution is -2.32. The van der Waals surface area contributed by atoms with E-state index in [9.17, 15) is 0 Å². The second kappa shape index (κ2) is 9.64. The molecule has 1 unspecified atom stereocenters. The van der Waals surface area contributed by atoms with Crippen LogP contribution in [0.1, 0.15) is 44.9 Å². The van der Waals surface area contributed by atoms with Crippen molar-refractivity contribution in [2.24, 2.45) is 10.7 Å². The van der Waals surface area contributed by atoms with Gasteiger partial charge in [0.25, 0.3) is 0 Å². The van der Waals surface area contributed by atoms with Gasteiger partial charge in [-0.25, -0.2) is 0 Å². The summed E-state index contributed by atoms with van der Waals surface area (Å²) in [6.07, 6.45) is 8.70. The molecular weight excluding hydrogens is 445 g/mol. The third-order valence-electron chi connectivity index (χ3n) is 5.24. The van der Waals surface area contributed by atoms with Crippen LogP contribution in [0.4, 0.5) is 5.69 Å². The molecule has 146 valence electrons. The first-order valence-corrected chi connectivity index (χ1v) is 9.11. The molecule has 2 aliphatic rings. The van der Waals surface area contributed by atoms with Crippen LogP contribution in [0.3, 0.4) is 0 Å². The summed E-state index contributed by atoms with van der Waals surface area (Å²) >= 11 is 0. The molecule has 1 heterocycles. The Morgan fingerprint density at radius 3 is 2.69 bits per heavy atom. The molecule has 1 spiro atoms. The summed E-state index contributed by atoms with van der Waals surface area (Å²) in [4.78, 5) is 4.47. The van der Waals surface area contributed by atoms with E-state index in [-0.39, 0.29) is 35.7 Å². The summed E-state index contributed by atoms with van der Waals surface area (Å²) in [7, 11) is 3.25. The van der Waals surface area contributed by atoms with Crippen molar-refractivity contribution in [2.75, 3.05) is 26.1 Å². The molecule has 1 saturated carbocycles. The van der Waals surface area contributed by atoms with Crippen molar-refractivity contribution < 1.29 is 14.2 Å². The first-order chi connectivity index (χ1) is 12.1. The van der Waals surface area contributed by atoms with Crippen LogP contribution < -0.4 is 20.5 Å². The summed E-state index contributed by atoms with van der Waals surface area (Å²) in [6, 6.07) is 5.51. The topological polar surface area (TPSA) is 78.1 Å². The van der Waals surface area contributed by atoms with Gasteiger partial charge < -0.3 is 25.3 Å². The Morgan fingerprint density at radius 1 is 1.23 bits per heavy atom. The number of halogens is 1. The first kappa shape index (κ1) is 21.1. The Hall–Kier alpha value is -1.22. The number of rotatable bonds is 5. The average molecular weight is 475 g/mol. The van der Waals surface area contributed by atoms with Crippen LogP contribution in [0.25, 0.3) is 0 Å². The largest absolute Gasteiger partial charge is 0.497 e. The van der Waals surface area contributed by atoms with Crippen LogP contribution >= 0.6 is 24.0 Å². The molecule has 3 rings (SSSR count). The number of hydrogen-bond acceptors (Lipinski definition) is 4. The van der Waals surface area contributed by atoms with Gasteiger partial charge in [0.05, 0.1) is 38.2 Å². The monoisotopic (exact) mass is 475 g/mol. The SMILES string of the molecule is COc1ccc(OC)c(NC(N)=NCC2CCC3(CCCCC3)O2)c1.I. The Bertz CT molecular complexity index is 618. The molecular formula is C19H30IN3O3. The normalized spacial score (nSPS) is 21.9. The van der Waals surface area contributed by atoms with Gasteiger partial charge in [-0.05, 0) is 37.8 Å². The van der Waals surface area contributed by atoms with E-state index < -0.39 is 0 Å². The summed E-state index contributed by atoms with van der Waals surface area (Å²) in [5.74, 6) is 1.78. The lowest BCUT2D eigenvalue weighted by Gasteiger charge is -2.33. The van der Waals surface area contributed by atoms with E-state index in [1.54, 1.807) is 14.2 Å². The van der Waals surface area contributed by atoms with Crippen LogP contribution in [0, 0.1) is 0 Å². The Morgan fingerprint density at radius 2 is 2.00 bits per heavy atom. The van der Waals surface area contributed by atoms with E-state index in [2.05, 4.69) is 10.3 Å². The number of hydrogen-bond donors (Lipinski definition) is 2. The number of nitrogens with one attached hydrogen (secondary N) is 1. The highest BCUT2D eigenvalue weighted by Crippen LogP contribution is 2.41. The van der Waals surface area contributed by atoms with Crippen molar-refractivity contribution in [3.63, 3.8) is 0 Å². The molecule has 1 aliphatic heterocycles. The smallest absolute Gasteiger partial charge is 0.193 e. The van der Waals surface area contributed by atoms with Crippen molar-refractivity contribution in [2.45, 2.75) is 56.7 Å². The minimum Gasteiger partial charge on any atom is -0.497 e. The summed E-state index contributed by atoms with van der Waals surface area (Å²) in [5.41, 5.74) is 6.91. The second-order valence-electron chi connectivity index (χ2n) is 6.94. The van der Waals surface area contributed by atoms with Crippen LogP contribution in [0.5, 0.6) is 11.5 Å². The van der Waals surface area contributed by atoms with Gasteiger partial charge >= 0.3 is 0 Å². The van der Waals surface area contributed by atoms with E-state index in [1.165, 1.54) is 32.1 Å². The van der Waals surface area contributed by atoms with Gasteiger partial charge in [-0.2, -0.15) is 0 Å². The maximum Gasteiger partial charge on any atom is 0.193 e. The molecule has 6 nitrogen and oxygen atoms in total. The third kappa shape index (κ3) is 5.16. The third-order valence-corrected chi connectivity index (χ3v) is 5.24. The number of guanidine groups is 1. The fourth-order valence-electron chi connectivity index (χ4n) is 3.88. The fraction of sp³-hybridized carbons (Fsp3) is 0.632. The lowest BCUT2D eigenvalue weighted by atomic mass is 9.83. The summed E-state index contributed by atoms with van der Waals surface area (Å²) < 4.78 is 16.9. The van der Waals surface area contributed by atoms with Crippen molar-refractivity contribution in [3.8, 4) is 11.5 Å². The number of methoxy groups -OCH3 is 2. The Labute approximate surface area is 172 Å². The molecule has 1 aliphatic carbocycles. The zero-order valence-corrected chi connectivity index (χ0v) is 18.0. The number of nitrogens with two attached hydrogens (primary N) is 1. The average Bonchev–Trinajstić information content (AvgIpc) is 3.03. The predicted molar refractivity (Wildman–Crippen MR) is 115 cm³/mol. The molecule has 0 bridgehead atoms. The minimum atomic E-state index is 0. The van der Waals surface area contributed by atoms with E-state index in [0.717, 1.165) is 24.3 Å². The number of aliphatic imine (C=N–C) groups is 1. The van der Waals surface area contributed by atoms with Crippen molar-refractivity contribution in [1.29, 1.82) is 0 Å². The molecule has 0 aromatic heterocycles. The van der Waals surface area contributed by atoms with Crippen LogP contribution in [-0.2, 0) is 4.74 Å². The van der Waals surface area contributed by atoms with E-state index in [4.69, 9.17) is 19.9 Å². The van der Waals surface area contributed by atoms with Crippen molar-refractivity contribution in [1.82, 2.24) is 0 Å². The molecule has 1 atom stereocenters. The first-order valence-electron chi connectivity index (χ1n) is 9.11. The highest BCUT2D eigenvalue weighted by molar-refractivity contribution is 14.0. The molecule has 0 radical (unpaired) electrons. The van der Waals surface area contributed by atoms with E-state index in [1.807, 2.05) is 18.2 Å². The maximum absolute atomic E-state index is 6.34. The van der Waals surface area contributed by atoms with Crippen LogP contribution in [0.15, 0.2) is 23.2 Å². The van der Waals surface area contributed by atoms with Gasteiger partial charge in [0.2, 0.25) is 0 Å². The minimum absolute atomic E-state index is 0. The van der Waals surface area contributed by atoms with Crippen LogP contribution in [-0.4, -0.2) is 38.4 Å². The number of nitrogens with zero attached hydrogens (tertiary/aromatic N) is 1. The molecule has 26 heavy (non-hydrogen) atoms. The van der Waals surface area contributed by atoms with Crippen molar-refractivity contribution >= 4 is 35.6 Å². The summed E-state index contributed by atoms with van der Waals surface area (Å²) in [6.45, 7) is 0.590. The standard InChI is InChI=1S/C19H29N3O3.HI/c1-23-14-6-7-17(24-2)16(12-14)22-18(20)21-13-15-8-11-19(25-15)9-4-3-5-10-19;/h6-7,12,15H,3-5,8-11,13H2,1-2H3,(H3,20,21,22);1H. The quantitative estimate of drug-likeness (QED) is 0.384. The molecule has 1 aromatic rings. The van der Waals surface area contributed by atoms with Crippen molar-refractivity contribution in [3.05, 3.63) is 18.2 Å². The van der Waals surface area contributed by atoms with E-state index in [0.29, 0.717) is 18.3 Å². The zero-order valence-electron chi connectivity index (χ0n) is 15.6. The van der Waals surface area contributed by atoms with Gasteiger partial charge in [0.15, 0.2) is 5.96 Å². The molecule has 1 saturated heterocycles. The molecule has 3 N–H and O–H groups in total. The van der Waals surface area contributed by atoms with E-state index >= 15 is 0 Å². The fourth-order valence-corrected chi connectivity index (χ4v) is 3.88.